The summed E-state index contributed by atoms with van der Waals surface area (Å²) in [5, 5.41) is 8.91. The van der Waals surface area contributed by atoms with Gasteiger partial charge in [-0.1, -0.05) is 26.2 Å². The lowest BCUT2D eigenvalue weighted by Crippen LogP contribution is -2.48. The summed E-state index contributed by atoms with van der Waals surface area (Å²) in [5.41, 5.74) is 0. The first-order valence-electron chi connectivity index (χ1n) is 7.21. The predicted octanol–water partition coefficient (Wildman–Crippen LogP) is 2.41. The zero-order valence-corrected chi connectivity index (χ0v) is 12.3. The summed E-state index contributed by atoms with van der Waals surface area (Å²) in [6.45, 7) is 4.57. The lowest BCUT2D eigenvalue weighted by atomic mass is 9.94. The number of nitrogens with zero attached hydrogens (tertiary/aromatic N) is 2. The molecule has 0 bridgehead atoms. The SMILES string of the molecule is CCN(C(=O)N(C)CC(C)C(=O)O)C1CCCCC1. The first kappa shape index (κ1) is 15.8. The van der Waals surface area contributed by atoms with Gasteiger partial charge >= 0.3 is 12.0 Å². The third kappa shape index (κ3) is 4.40. The van der Waals surface area contributed by atoms with E-state index in [1.165, 1.54) is 24.2 Å². The van der Waals surface area contributed by atoms with Gasteiger partial charge in [0.25, 0.3) is 0 Å². The average molecular weight is 270 g/mol. The third-order valence-corrected chi connectivity index (χ3v) is 3.90. The number of amides is 2. The van der Waals surface area contributed by atoms with Gasteiger partial charge in [0, 0.05) is 26.2 Å². The van der Waals surface area contributed by atoms with Gasteiger partial charge in [0.2, 0.25) is 0 Å². The molecule has 0 heterocycles. The van der Waals surface area contributed by atoms with Crippen molar-refractivity contribution < 1.29 is 14.7 Å². The first-order valence-corrected chi connectivity index (χ1v) is 7.21. The lowest BCUT2D eigenvalue weighted by molar-refractivity contribution is -0.141. The number of rotatable bonds is 5. The van der Waals surface area contributed by atoms with Crippen LogP contribution < -0.4 is 0 Å². The van der Waals surface area contributed by atoms with Gasteiger partial charge in [-0.2, -0.15) is 0 Å². The van der Waals surface area contributed by atoms with Crippen LogP contribution in [0.3, 0.4) is 0 Å². The van der Waals surface area contributed by atoms with Gasteiger partial charge in [-0.25, -0.2) is 4.79 Å². The highest BCUT2D eigenvalue weighted by Gasteiger charge is 2.27. The van der Waals surface area contributed by atoms with Crippen LogP contribution in [-0.4, -0.2) is 53.1 Å². The van der Waals surface area contributed by atoms with E-state index < -0.39 is 11.9 Å². The molecule has 1 rings (SSSR count). The predicted molar refractivity (Wildman–Crippen MR) is 74.1 cm³/mol. The van der Waals surface area contributed by atoms with E-state index in [9.17, 15) is 9.59 Å². The Hall–Kier alpha value is -1.26. The Kier molecular flexibility index (Phi) is 6.12. The van der Waals surface area contributed by atoms with E-state index in [0.29, 0.717) is 12.6 Å². The minimum Gasteiger partial charge on any atom is -0.481 e. The van der Waals surface area contributed by atoms with Crippen LogP contribution in [-0.2, 0) is 4.79 Å². The van der Waals surface area contributed by atoms with Crippen LogP contribution in [0.15, 0.2) is 0 Å². The van der Waals surface area contributed by atoms with Gasteiger partial charge in [0.15, 0.2) is 0 Å². The summed E-state index contributed by atoms with van der Waals surface area (Å²) in [6, 6.07) is 0.288. The topological polar surface area (TPSA) is 60.9 Å². The van der Waals surface area contributed by atoms with Gasteiger partial charge in [0.05, 0.1) is 5.92 Å². The monoisotopic (exact) mass is 270 g/mol. The zero-order chi connectivity index (χ0) is 14.4. The zero-order valence-electron chi connectivity index (χ0n) is 12.3. The van der Waals surface area contributed by atoms with Crippen molar-refractivity contribution in [2.45, 2.75) is 52.0 Å². The highest BCUT2D eigenvalue weighted by molar-refractivity contribution is 5.76. The van der Waals surface area contributed by atoms with Crippen molar-refractivity contribution in [2.24, 2.45) is 5.92 Å². The van der Waals surface area contributed by atoms with Crippen LogP contribution in [0.2, 0.25) is 0 Å². The van der Waals surface area contributed by atoms with Crippen LogP contribution in [0.5, 0.6) is 0 Å². The molecule has 1 atom stereocenters. The standard InChI is InChI=1S/C14H26N2O3/c1-4-16(12-8-6-5-7-9-12)14(19)15(3)10-11(2)13(17)18/h11-12H,4-10H2,1-3H3,(H,17,18). The molecule has 5 nitrogen and oxygen atoms in total. The van der Waals surface area contributed by atoms with Crippen molar-refractivity contribution in [3.05, 3.63) is 0 Å². The van der Waals surface area contributed by atoms with E-state index in [1.807, 2.05) is 11.8 Å². The number of aliphatic carboxylic acids is 1. The molecule has 19 heavy (non-hydrogen) atoms. The molecule has 1 N–H and O–H groups in total. The quantitative estimate of drug-likeness (QED) is 0.834. The molecular formula is C14H26N2O3. The number of carboxylic acid groups (broad SMARTS) is 1. The molecule has 0 aliphatic heterocycles. The maximum atomic E-state index is 12.4. The second kappa shape index (κ2) is 7.36. The number of hydrogen-bond donors (Lipinski definition) is 1. The van der Waals surface area contributed by atoms with Crippen molar-refractivity contribution >= 4 is 12.0 Å². The second-order valence-corrected chi connectivity index (χ2v) is 5.48. The normalized spacial score (nSPS) is 17.8. The summed E-state index contributed by atoms with van der Waals surface area (Å²) in [6.07, 6.45) is 5.77. The summed E-state index contributed by atoms with van der Waals surface area (Å²) in [5.74, 6) is -1.39. The van der Waals surface area contributed by atoms with Crippen LogP contribution in [0.4, 0.5) is 4.79 Å². The number of carboxylic acids is 1. The average Bonchev–Trinajstić information content (AvgIpc) is 2.40. The number of carbonyl (C=O) groups is 2. The lowest BCUT2D eigenvalue weighted by Gasteiger charge is -2.36. The van der Waals surface area contributed by atoms with E-state index in [0.717, 1.165) is 12.8 Å². The Morgan fingerprint density at radius 1 is 1.26 bits per heavy atom. The second-order valence-electron chi connectivity index (χ2n) is 5.48. The third-order valence-electron chi connectivity index (χ3n) is 3.90. The number of urea groups is 1. The van der Waals surface area contributed by atoms with Gasteiger partial charge in [-0.15, -0.1) is 0 Å². The minimum atomic E-state index is -0.861. The molecule has 0 spiro atoms. The van der Waals surface area contributed by atoms with Crippen LogP contribution in [0.1, 0.15) is 46.0 Å². The highest BCUT2D eigenvalue weighted by Crippen LogP contribution is 2.23. The van der Waals surface area contributed by atoms with Gasteiger partial charge in [-0.3, -0.25) is 4.79 Å². The molecule has 2 amide bonds. The molecule has 0 radical (unpaired) electrons. The molecule has 1 unspecified atom stereocenters. The maximum absolute atomic E-state index is 12.4. The maximum Gasteiger partial charge on any atom is 0.320 e. The van der Waals surface area contributed by atoms with Gasteiger partial charge in [0.1, 0.15) is 0 Å². The molecule has 110 valence electrons. The molecule has 1 aliphatic rings. The van der Waals surface area contributed by atoms with Crippen LogP contribution >= 0.6 is 0 Å². The number of carbonyl (C=O) groups excluding carboxylic acids is 1. The fraction of sp³-hybridized carbons (Fsp3) is 0.857. The molecule has 0 saturated heterocycles. The van der Waals surface area contributed by atoms with Crippen molar-refractivity contribution in [1.29, 1.82) is 0 Å². The van der Waals surface area contributed by atoms with E-state index in [2.05, 4.69) is 0 Å². The van der Waals surface area contributed by atoms with Crippen LogP contribution in [0, 0.1) is 5.92 Å². The van der Waals surface area contributed by atoms with E-state index in [4.69, 9.17) is 5.11 Å². The molecule has 0 aromatic rings. The summed E-state index contributed by atoms with van der Waals surface area (Å²) < 4.78 is 0. The largest absolute Gasteiger partial charge is 0.481 e. The molecule has 0 aromatic carbocycles. The Bertz CT molecular complexity index is 314. The Labute approximate surface area is 115 Å². The molecule has 1 saturated carbocycles. The molecule has 1 fully saturated rings. The fourth-order valence-corrected chi connectivity index (χ4v) is 2.73. The van der Waals surface area contributed by atoms with Crippen molar-refractivity contribution in [3.8, 4) is 0 Å². The summed E-state index contributed by atoms with van der Waals surface area (Å²) in [7, 11) is 1.69. The van der Waals surface area contributed by atoms with E-state index in [-0.39, 0.29) is 12.6 Å². The minimum absolute atomic E-state index is 0.0394. The Morgan fingerprint density at radius 2 is 1.84 bits per heavy atom. The van der Waals surface area contributed by atoms with Crippen molar-refractivity contribution in [2.75, 3.05) is 20.1 Å². The molecular weight excluding hydrogens is 244 g/mol. The smallest absolute Gasteiger partial charge is 0.320 e. The van der Waals surface area contributed by atoms with Crippen LogP contribution in [0.25, 0.3) is 0 Å². The van der Waals surface area contributed by atoms with Gasteiger partial charge < -0.3 is 14.9 Å². The molecule has 1 aliphatic carbocycles. The summed E-state index contributed by atoms with van der Waals surface area (Å²) in [4.78, 5) is 26.7. The van der Waals surface area contributed by atoms with Crippen molar-refractivity contribution in [1.82, 2.24) is 9.80 Å². The first-order chi connectivity index (χ1) is 8.97. The molecule has 5 heteroatoms. The molecule has 0 aromatic heterocycles. The van der Waals surface area contributed by atoms with E-state index >= 15 is 0 Å². The summed E-state index contributed by atoms with van der Waals surface area (Å²) >= 11 is 0. The number of hydrogen-bond acceptors (Lipinski definition) is 2. The Balaban J connectivity index is 2.58. The van der Waals surface area contributed by atoms with E-state index in [1.54, 1.807) is 14.0 Å². The Morgan fingerprint density at radius 3 is 2.32 bits per heavy atom. The highest BCUT2D eigenvalue weighted by atomic mass is 16.4. The van der Waals surface area contributed by atoms with Crippen molar-refractivity contribution in [3.63, 3.8) is 0 Å². The fourth-order valence-electron chi connectivity index (χ4n) is 2.73. The van der Waals surface area contributed by atoms with Gasteiger partial charge in [-0.05, 0) is 19.8 Å².